The van der Waals surface area contributed by atoms with E-state index in [0.29, 0.717) is 13.2 Å². The van der Waals surface area contributed by atoms with Gasteiger partial charge in [-0.05, 0) is 36.8 Å². The Hall–Kier alpha value is -1.62. The summed E-state index contributed by atoms with van der Waals surface area (Å²) >= 11 is 0. The third kappa shape index (κ3) is 3.44. The van der Waals surface area contributed by atoms with Crippen LogP contribution in [0.1, 0.15) is 29.6 Å². The van der Waals surface area contributed by atoms with Crippen molar-refractivity contribution in [2.45, 2.75) is 19.3 Å². The van der Waals surface area contributed by atoms with Crippen molar-refractivity contribution in [1.82, 2.24) is 5.32 Å². The van der Waals surface area contributed by atoms with Crippen LogP contribution >= 0.6 is 0 Å². The molecule has 1 saturated carbocycles. The molecule has 1 amide bonds. The molecule has 0 heterocycles. The molecule has 1 aromatic rings. The first kappa shape index (κ1) is 13.8. The van der Waals surface area contributed by atoms with Gasteiger partial charge in [-0.2, -0.15) is 0 Å². The highest BCUT2D eigenvalue weighted by Gasteiger charge is 2.42. The quantitative estimate of drug-likeness (QED) is 0.829. The molecule has 0 saturated heterocycles. The fourth-order valence-corrected chi connectivity index (χ4v) is 2.06. The Bertz CT molecular complexity index is 472. The normalized spacial score (nSPS) is 16.1. The average molecular weight is 267 g/mol. The smallest absolute Gasteiger partial charge is 0.254 e. The van der Waals surface area contributed by atoms with Crippen molar-refractivity contribution in [3.05, 3.63) is 29.6 Å². The molecule has 1 aliphatic rings. The van der Waals surface area contributed by atoms with E-state index in [1.165, 1.54) is 12.1 Å². The molecule has 2 N–H and O–H groups in total. The number of phenols is 1. The number of carbonyl (C=O) groups excluding carboxylic acids is 1. The molecule has 104 valence electrons. The second-order valence-electron chi connectivity index (χ2n) is 5.09. The van der Waals surface area contributed by atoms with Gasteiger partial charge in [0.2, 0.25) is 0 Å². The van der Waals surface area contributed by atoms with Crippen LogP contribution in [-0.4, -0.2) is 31.3 Å². The number of benzene rings is 1. The number of amides is 1. The lowest BCUT2D eigenvalue weighted by Crippen LogP contribution is -2.31. The van der Waals surface area contributed by atoms with E-state index >= 15 is 0 Å². The van der Waals surface area contributed by atoms with Gasteiger partial charge in [-0.3, -0.25) is 4.79 Å². The van der Waals surface area contributed by atoms with Gasteiger partial charge in [0.05, 0.1) is 5.56 Å². The Morgan fingerprint density at radius 2 is 2.26 bits per heavy atom. The molecule has 0 bridgehead atoms. The molecule has 1 aromatic carbocycles. The zero-order valence-electron chi connectivity index (χ0n) is 10.9. The molecule has 1 fully saturated rings. The number of aromatic hydroxyl groups is 1. The molecule has 0 atom stereocenters. The van der Waals surface area contributed by atoms with Gasteiger partial charge in [0.1, 0.15) is 11.6 Å². The maximum absolute atomic E-state index is 13.5. The lowest BCUT2D eigenvalue weighted by molar-refractivity contribution is 0.0934. The maximum atomic E-state index is 13.5. The van der Waals surface area contributed by atoms with Gasteiger partial charge in [-0.15, -0.1) is 0 Å². The third-order valence-corrected chi connectivity index (χ3v) is 3.61. The van der Waals surface area contributed by atoms with Crippen molar-refractivity contribution < 1.29 is 19.0 Å². The zero-order chi connectivity index (χ0) is 13.9. The lowest BCUT2D eigenvalue weighted by Gasteiger charge is -2.15. The summed E-state index contributed by atoms with van der Waals surface area (Å²) in [4.78, 5) is 11.9. The van der Waals surface area contributed by atoms with Crippen LogP contribution in [0.4, 0.5) is 4.39 Å². The van der Waals surface area contributed by atoms with E-state index in [1.807, 2.05) is 0 Å². The Kier molecular flexibility index (Phi) is 4.04. The minimum Gasteiger partial charge on any atom is -0.508 e. The highest BCUT2D eigenvalue weighted by atomic mass is 19.1. The largest absolute Gasteiger partial charge is 0.508 e. The third-order valence-electron chi connectivity index (χ3n) is 3.61. The van der Waals surface area contributed by atoms with Crippen molar-refractivity contribution in [2.75, 3.05) is 20.3 Å². The van der Waals surface area contributed by atoms with Crippen LogP contribution in [0.25, 0.3) is 0 Å². The second-order valence-corrected chi connectivity index (χ2v) is 5.09. The van der Waals surface area contributed by atoms with E-state index in [2.05, 4.69) is 5.32 Å². The minimum absolute atomic E-state index is 0.0414. The van der Waals surface area contributed by atoms with Crippen molar-refractivity contribution in [1.29, 1.82) is 0 Å². The molecule has 1 aliphatic carbocycles. The predicted molar refractivity (Wildman–Crippen MR) is 68.6 cm³/mol. The Morgan fingerprint density at radius 3 is 2.84 bits per heavy atom. The van der Waals surface area contributed by atoms with Crippen LogP contribution in [0.3, 0.4) is 0 Å². The first-order valence-corrected chi connectivity index (χ1v) is 6.32. The first-order valence-electron chi connectivity index (χ1n) is 6.32. The van der Waals surface area contributed by atoms with Crippen LogP contribution in [0, 0.1) is 11.2 Å². The van der Waals surface area contributed by atoms with Crippen LogP contribution in [-0.2, 0) is 4.74 Å². The summed E-state index contributed by atoms with van der Waals surface area (Å²) in [7, 11) is 1.65. The average Bonchev–Trinajstić information content (AvgIpc) is 3.14. The number of methoxy groups -OCH3 is 1. The number of nitrogens with one attached hydrogen (secondary N) is 1. The van der Waals surface area contributed by atoms with Crippen LogP contribution in [0.2, 0.25) is 0 Å². The summed E-state index contributed by atoms with van der Waals surface area (Å²) in [6.45, 7) is 1.21. The first-order chi connectivity index (χ1) is 9.06. The molecule has 0 spiro atoms. The van der Waals surface area contributed by atoms with Crippen molar-refractivity contribution in [2.24, 2.45) is 5.41 Å². The number of ether oxygens (including phenoxy) is 1. The monoisotopic (exact) mass is 267 g/mol. The molecule has 19 heavy (non-hydrogen) atoms. The number of carbonyl (C=O) groups is 1. The van der Waals surface area contributed by atoms with Gasteiger partial charge in [0.25, 0.3) is 5.91 Å². The molecular formula is C14H18FNO3. The topological polar surface area (TPSA) is 58.6 Å². The van der Waals surface area contributed by atoms with Crippen molar-refractivity contribution in [3.8, 4) is 5.75 Å². The number of halogens is 1. The molecule has 0 aliphatic heterocycles. The second kappa shape index (κ2) is 5.57. The van der Waals surface area contributed by atoms with Gasteiger partial charge >= 0.3 is 0 Å². The van der Waals surface area contributed by atoms with Gasteiger partial charge in [0.15, 0.2) is 0 Å². The SMILES string of the molecule is COCCC1(CNC(=O)c2ccc(O)cc2F)CC1. The summed E-state index contributed by atoms with van der Waals surface area (Å²) in [5.41, 5.74) is 0.0827. The molecule has 2 rings (SSSR count). The Balaban J connectivity index is 1.91. The van der Waals surface area contributed by atoms with Crippen LogP contribution in [0.15, 0.2) is 18.2 Å². The van der Waals surface area contributed by atoms with Crippen molar-refractivity contribution in [3.63, 3.8) is 0 Å². The number of phenolic OH excluding ortho intramolecular Hbond substituents is 1. The van der Waals surface area contributed by atoms with Crippen LogP contribution < -0.4 is 5.32 Å². The molecule has 0 unspecified atom stereocenters. The van der Waals surface area contributed by atoms with E-state index in [4.69, 9.17) is 9.84 Å². The van der Waals surface area contributed by atoms with E-state index in [0.717, 1.165) is 25.3 Å². The standard InChI is InChI=1S/C14H18FNO3/c1-19-7-6-14(4-5-14)9-16-13(18)11-3-2-10(17)8-12(11)15/h2-3,8,17H,4-7,9H2,1H3,(H,16,18). The fourth-order valence-electron chi connectivity index (χ4n) is 2.06. The summed E-state index contributed by atoms with van der Waals surface area (Å²) in [6.07, 6.45) is 3.03. The summed E-state index contributed by atoms with van der Waals surface area (Å²) in [5.74, 6) is -1.34. The molecule has 4 nitrogen and oxygen atoms in total. The minimum atomic E-state index is -0.709. The molecule has 0 radical (unpaired) electrons. The summed E-state index contributed by atoms with van der Waals surface area (Å²) in [6, 6.07) is 3.53. The number of hydrogen-bond acceptors (Lipinski definition) is 3. The maximum Gasteiger partial charge on any atom is 0.254 e. The van der Waals surface area contributed by atoms with Gasteiger partial charge in [-0.1, -0.05) is 0 Å². The number of hydrogen-bond donors (Lipinski definition) is 2. The van der Waals surface area contributed by atoms with E-state index in [9.17, 15) is 9.18 Å². The lowest BCUT2D eigenvalue weighted by atomic mass is 10.0. The summed E-state index contributed by atoms with van der Waals surface area (Å²) < 4.78 is 18.5. The Labute approximate surface area is 111 Å². The number of rotatable bonds is 6. The highest BCUT2D eigenvalue weighted by Crippen LogP contribution is 2.48. The molecule has 0 aromatic heterocycles. The predicted octanol–water partition coefficient (Wildman–Crippen LogP) is 2.08. The van der Waals surface area contributed by atoms with Crippen molar-refractivity contribution >= 4 is 5.91 Å². The zero-order valence-corrected chi connectivity index (χ0v) is 10.9. The molecular weight excluding hydrogens is 249 g/mol. The van der Waals surface area contributed by atoms with E-state index < -0.39 is 11.7 Å². The summed E-state index contributed by atoms with van der Waals surface area (Å²) in [5, 5.41) is 11.9. The van der Waals surface area contributed by atoms with Gasteiger partial charge in [0, 0.05) is 26.3 Å². The molecule has 5 heteroatoms. The highest BCUT2D eigenvalue weighted by molar-refractivity contribution is 5.94. The van der Waals surface area contributed by atoms with Gasteiger partial charge in [-0.25, -0.2) is 4.39 Å². The van der Waals surface area contributed by atoms with E-state index in [-0.39, 0.29) is 16.7 Å². The fraction of sp³-hybridized carbons (Fsp3) is 0.500. The van der Waals surface area contributed by atoms with E-state index in [1.54, 1.807) is 7.11 Å². The van der Waals surface area contributed by atoms with Crippen LogP contribution in [0.5, 0.6) is 5.75 Å². The Morgan fingerprint density at radius 1 is 1.53 bits per heavy atom. The van der Waals surface area contributed by atoms with Gasteiger partial charge < -0.3 is 15.2 Å².